The monoisotopic (exact) mass is 888 g/mol. The molecule has 2 aromatic heterocycles. The molecule has 14 heteroatoms. The van der Waals surface area contributed by atoms with Crippen LogP contribution < -0.4 is 4.74 Å². The molecular weight excluding hydrogens is 868 g/mol. The highest BCUT2D eigenvalue weighted by atomic mass is 35.5. The van der Waals surface area contributed by atoms with Gasteiger partial charge >= 0.3 is 6.01 Å². The van der Waals surface area contributed by atoms with Gasteiger partial charge in [-0.15, -0.1) is 0 Å². The van der Waals surface area contributed by atoms with Gasteiger partial charge in [-0.25, -0.2) is 15.0 Å². The van der Waals surface area contributed by atoms with Crippen LogP contribution in [-0.2, 0) is 6.61 Å². The van der Waals surface area contributed by atoms with Gasteiger partial charge in [0.2, 0.25) is 0 Å². The van der Waals surface area contributed by atoms with Crippen molar-refractivity contribution >= 4 is 105 Å². The number of hydrogen-bond acceptors (Lipinski definition) is 6. The average Bonchev–Trinajstić information content (AvgIpc) is 3.15. The number of benzene rings is 5. The van der Waals surface area contributed by atoms with E-state index in [1.165, 1.54) is 11.8 Å². The zero-order chi connectivity index (χ0) is 38.4. The summed E-state index contributed by atoms with van der Waals surface area (Å²) in [5.41, 5.74) is 7.20. The third kappa shape index (κ3) is 10.1. The second-order valence-corrected chi connectivity index (χ2v) is 15.5. The van der Waals surface area contributed by atoms with E-state index in [1.54, 1.807) is 60.8 Å². The van der Waals surface area contributed by atoms with Crippen molar-refractivity contribution in [2.45, 2.75) is 11.8 Å². The number of nitrogens with zero attached hydrogens (tertiary/aromatic N) is 4. The first-order valence-electron chi connectivity index (χ1n) is 15.8. The van der Waals surface area contributed by atoms with Crippen LogP contribution in [0.5, 0.6) is 6.01 Å². The van der Waals surface area contributed by atoms with Gasteiger partial charge in [-0.1, -0.05) is 135 Å². The molecule has 272 valence electrons. The second kappa shape index (κ2) is 18.6. The van der Waals surface area contributed by atoms with Gasteiger partial charge in [0.25, 0.3) is 0 Å². The fourth-order valence-corrected chi connectivity index (χ4v) is 7.19. The van der Waals surface area contributed by atoms with Gasteiger partial charge in [0.05, 0.1) is 21.4 Å². The Kier molecular flexibility index (Phi) is 13.9. The summed E-state index contributed by atoms with van der Waals surface area (Å²) in [7, 11) is 0. The summed E-state index contributed by atoms with van der Waals surface area (Å²) in [6, 6.07) is 30.9. The maximum absolute atomic E-state index is 6.47. The van der Waals surface area contributed by atoms with E-state index in [2.05, 4.69) is 19.9 Å². The van der Waals surface area contributed by atoms with E-state index in [1.807, 2.05) is 61.0 Å². The quantitative estimate of drug-likeness (QED) is 0.112. The molecule has 0 unspecified atom stereocenters. The van der Waals surface area contributed by atoms with E-state index in [-0.39, 0.29) is 12.6 Å². The van der Waals surface area contributed by atoms with E-state index in [0.717, 1.165) is 39.1 Å². The molecule has 0 aliphatic carbocycles. The SMILES string of the molecule is CSc1ncc(-c2ccc(Cl)cc2)c(-c2ccc(Cl)cc2Cl)n1.Clc1ccc(-c2cnc(OCc3ccc(Cl)cc3Cl)nc2-c2ccc(Cl)cc2Cl)cc1. The number of hydrogen-bond donors (Lipinski definition) is 0. The van der Waals surface area contributed by atoms with Crippen LogP contribution in [0.4, 0.5) is 0 Å². The van der Waals surface area contributed by atoms with Crippen molar-refractivity contribution in [3.63, 3.8) is 0 Å². The lowest BCUT2D eigenvalue weighted by Gasteiger charge is -2.13. The molecule has 0 aliphatic rings. The van der Waals surface area contributed by atoms with Crippen molar-refractivity contribution < 1.29 is 4.74 Å². The van der Waals surface area contributed by atoms with Gasteiger partial charge in [0.1, 0.15) is 6.61 Å². The van der Waals surface area contributed by atoms with Gasteiger partial charge < -0.3 is 4.74 Å². The molecule has 0 saturated heterocycles. The van der Waals surface area contributed by atoms with Gasteiger partial charge in [-0.2, -0.15) is 4.98 Å². The summed E-state index contributed by atoms with van der Waals surface area (Å²) in [6.45, 7) is 0.185. The number of ether oxygens (including phenoxy) is 1. The van der Waals surface area contributed by atoms with E-state index in [9.17, 15) is 0 Å². The van der Waals surface area contributed by atoms with Crippen LogP contribution in [0, 0.1) is 0 Å². The Hall–Kier alpha value is -3.27. The Morgan fingerprint density at radius 3 is 1.41 bits per heavy atom. The van der Waals surface area contributed by atoms with Crippen molar-refractivity contribution in [2.24, 2.45) is 0 Å². The molecule has 54 heavy (non-hydrogen) atoms. The van der Waals surface area contributed by atoms with E-state index < -0.39 is 0 Å². The zero-order valence-corrected chi connectivity index (χ0v) is 34.7. The Bertz CT molecular complexity index is 2430. The number of thioether (sulfide) groups is 1. The molecule has 5 aromatic carbocycles. The van der Waals surface area contributed by atoms with Crippen molar-refractivity contribution in [1.82, 2.24) is 19.9 Å². The Labute approximate surface area is 356 Å². The fraction of sp³-hybridized carbons (Fsp3) is 0.0500. The van der Waals surface area contributed by atoms with Gasteiger partial charge in [0, 0.05) is 70.3 Å². The maximum Gasteiger partial charge on any atom is 0.317 e. The van der Waals surface area contributed by atoms with Crippen LogP contribution in [0.15, 0.2) is 121 Å². The van der Waals surface area contributed by atoms with Crippen LogP contribution in [0.3, 0.4) is 0 Å². The summed E-state index contributed by atoms with van der Waals surface area (Å²) < 4.78 is 5.81. The highest BCUT2D eigenvalue weighted by molar-refractivity contribution is 7.98. The molecule has 5 nitrogen and oxygen atoms in total. The molecular formula is C40H24Cl8N4OS. The normalized spacial score (nSPS) is 10.8. The van der Waals surface area contributed by atoms with Crippen molar-refractivity contribution in [1.29, 1.82) is 0 Å². The third-order valence-corrected chi connectivity index (χ3v) is 10.5. The Morgan fingerprint density at radius 1 is 0.481 bits per heavy atom. The van der Waals surface area contributed by atoms with Crippen molar-refractivity contribution in [3.8, 4) is 50.8 Å². The van der Waals surface area contributed by atoms with Crippen LogP contribution in [0.2, 0.25) is 40.2 Å². The minimum absolute atomic E-state index is 0.185. The molecule has 0 spiro atoms. The maximum atomic E-state index is 6.47. The van der Waals surface area contributed by atoms with Crippen molar-refractivity contribution in [2.75, 3.05) is 6.26 Å². The van der Waals surface area contributed by atoms with Crippen LogP contribution in [0.1, 0.15) is 5.56 Å². The lowest BCUT2D eigenvalue weighted by molar-refractivity contribution is 0.281. The molecule has 0 radical (unpaired) electrons. The average molecular weight is 892 g/mol. The lowest BCUT2D eigenvalue weighted by atomic mass is 10.0. The summed E-state index contributed by atoms with van der Waals surface area (Å²) in [5, 5.41) is 5.20. The highest BCUT2D eigenvalue weighted by Crippen LogP contribution is 2.38. The first kappa shape index (κ1) is 40.4. The van der Waals surface area contributed by atoms with Crippen molar-refractivity contribution in [3.05, 3.63) is 161 Å². The topological polar surface area (TPSA) is 60.8 Å². The standard InChI is InChI=1S/C23H13Cl5N2O.C17H11Cl3N2S/c24-15-4-1-13(2-5-15)19-11-29-23(31-12-14-3-6-16(25)9-20(14)27)30-22(19)18-8-7-17(26)10-21(18)28;1-23-17-21-9-14(10-2-4-11(18)5-3-10)16(22-17)13-7-6-12(19)8-15(13)20/h1-11H,12H2;2-9H,1H3. The van der Waals surface area contributed by atoms with E-state index >= 15 is 0 Å². The molecule has 0 fully saturated rings. The predicted molar refractivity (Wildman–Crippen MR) is 228 cm³/mol. The lowest BCUT2D eigenvalue weighted by Crippen LogP contribution is -2.02. The summed E-state index contributed by atoms with van der Waals surface area (Å²) >= 11 is 50.6. The van der Waals surface area contributed by atoms with Crippen LogP contribution >= 0.6 is 105 Å². The molecule has 2 heterocycles. The Balaban J connectivity index is 0.000000193. The molecule has 0 atom stereocenters. The molecule has 0 saturated carbocycles. The van der Waals surface area contributed by atoms with Gasteiger partial charge in [-0.3, -0.25) is 0 Å². The first-order valence-corrected chi connectivity index (χ1v) is 20.0. The minimum atomic E-state index is 0.185. The first-order chi connectivity index (χ1) is 26.0. The highest BCUT2D eigenvalue weighted by Gasteiger charge is 2.17. The summed E-state index contributed by atoms with van der Waals surface area (Å²) in [6.07, 6.45) is 5.43. The van der Waals surface area contributed by atoms with E-state index in [4.69, 9.17) is 97.5 Å². The molecule has 0 N–H and O–H groups in total. The molecule has 7 rings (SSSR count). The second-order valence-electron chi connectivity index (χ2n) is 11.3. The molecule has 0 amide bonds. The molecule has 0 bridgehead atoms. The van der Waals surface area contributed by atoms with Crippen LogP contribution in [-0.4, -0.2) is 26.2 Å². The smallest absolute Gasteiger partial charge is 0.317 e. The molecule has 7 aromatic rings. The number of rotatable bonds is 8. The number of halogens is 8. The zero-order valence-electron chi connectivity index (χ0n) is 27.8. The largest absolute Gasteiger partial charge is 0.459 e. The predicted octanol–water partition coefficient (Wildman–Crippen LogP) is 15.1. The van der Waals surface area contributed by atoms with Gasteiger partial charge in [0.15, 0.2) is 5.16 Å². The number of aromatic nitrogens is 4. The van der Waals surface area contributed by atoms with Gasteiger partial charge in [-0.05, 0) is 90.2 Å². The Morgan fingerprint density at radius 2 is 0.926 bits per heavy atom. The third-order valence-electron chi connectivity index (χ3n) is 7.77. The summed E-state index contributed by atoms with van der Waals surface area (Å²) in [4.78, 5) is 18.0. The van der Waals surface area contributed by atoms with Crippen LogP contribution in [0.25, 0.3) is 44.8 Å². The minimum Gasteiger partial charge on any atom is -0.459 e. The summed E-state index contributed by atoms with van der Waals surface area (Å²) in [5.74, 6) is 0. The molecule has 0 aliphatic heterocycles. The fourth-order valence-electron chi connectivity index (χ4n) is 5.14. The van der Waals surface area contributed by atoms with E-state index in [0.29, 0.717) is 56.6 Å².